The van der Waals surface area contributed by atoms with Crippen molar-refractivity contribution in [1.29, 1.82) is 0 Å². The van der Waals surface area contributed by atoms with Crippen molar-refractivity contribution in [3.05, 3.63) is 52.0 Å². The summed E-state index contributed by atoms with van der Waals surface area (Å²) in [6, 6.07) is 7.43. The third-order valence-corrected chi connectivity index (χ3v) is 6.72. The van der Waals surface area contributed by atoms with Gasteiger partial charge in [-0.3, -0.25) is 4.79 Å². The van der Waals surface area contributed by atoms with Gasteiger partial charge in [0.05, 0.1) is 6.04 Å². The van der Waals surface area contributed by atoms with Crippen molar-refractivity contribution in [1.82, 2.24) is 15.1 Å². The van der Waals surface area contributed by atoms with Crippen LogP contribution in [0, 0.1) is 5.82 Å². The zero-order chi connectivity index (χ0) is 23.3. The van der Waals surface area contributed by atoms with Crippen LogP contribution in [-0.4, -0.2) is 53.5 Å². The Hall–Kier alpha value is -2.61. The molecule has 3 rings (SSSR count). The van der Waals surface area contributed by atoms with Crippen molar-refractivity contribution in [3.8, 4) is 5.75 Å². The van der Waals surface area contributed by atoms with Crippen molar-refractivity contribution in [2.45, 2.75) is 58.7 Å². The Morgan fingerprint density at radius 3 is 2.78 bits per heavy atom. The highest BCUT2D eigenvalue weighted by Crippen LogP contribution is 2.34. The highest BCUT2D eigenvalue weighted by Gasteiger charge is 2.34. The lowest BCUT2D eigenvalue weighted by atomic mass is 10.00. The van der Waals surface area contributed by atoms with Gasteiger partial charge in [0.25, 0.3) is 0 Å². The van der Waals surface area contributed by atoms with Crippen LogP contribution in [0.1, 0.15) is 50.6 Å². The minimum Gasteiger partial charge on any atom is -0.491 e. The number of ether oxygens (including phenoxy) is 1. The van der Waals surface area contributed by atoms with E-state index in [1.54, 1.807) is 33.3 Å². The molecule has 2 aromatic rings. The van der Waals surface area contributed by atoms with Crippen LogP contribution < -0.4 is 10.1 Å². The molecule has 0 bridgehead atoms. The van der Waals surface area contributed by atoms with Crippen molar-refractivity contribution in [2.24, 2.45) is 0 Å². The maximum Gasteiger partial charge on any atom is 0.318 e. The third-order valence-electron chi connectivity index (χ3n) is 5.72. The highest BCUT2D eigenvalue weighted by molar-refractivity contribution is 7.10. The van der Waals surface area contributed by atoms with Crippen LogP contribution in [0.25, 0.3) is 0 Å². The molecule has 0 spiro atoms. The van der Waals surface area contributed by atoms with E-state index in [4.69, 9.17) is 4.74 Å². The minimum atomic E-state index is -0.365. The van der Waals surface area contributed by atoms with E-state index >= 15 is 0 Å². The SMILES string of the molecule is CCC(C)N(CC(=O)N1CCc2sccc2C1COc1cccc(F)c1)C(=O)NC(C)C. The van der Waals surface area contributed by atoms with Gasteiger partial charge < -0.3 is 19.9 Å². The lowest BCUT2D eigenvalue weighted by molar-refractivity contribution is -0.136. The molecule has 2 heterocycles. The van der Waals surface area contributed by atoms with Gasteiger partial charge in [-0.25, -0.2) is 9.18 Å². The highest BCUT2D eigenvalue weighted by atomic mass is 32.1. The van der Waals surface area contributed by atoms with E-state index in [9.17, 15) is 14.0 Å². The molecule has 2 atom stereocenters. The fraction of sp³-hybridized carbons (Fsp3) is 0.500. The summed E-state index contributed by atoms with van der Waals surface area (Å²) < 4.78 is 19.4. The van der Waals surface area contributed by atoms with Gasteiger partial charge >= 0.3 is 6.03 Å². The van der Waals surface area contributed by atoms with Crippen molar-refractivity contribution >= 4 is 23.3 Å². The van der Waals surface area contributed by atoms with Crippen molar-refractivity contribution in [3.63, 3.8) is 0 Å². The van der Waals surface area contributed by atoms with E-state index < -0.39 is 0 Å². The van der Waals surface area contributed by atoms with Gasteiger partial charge in [-0.15, -0.1) is 11.3 Å². The Bertz CT molecular complexity index is 933. The van der Waals surface area contributed by atoms with Gasteiger partial charge in [-0.05, 0) is 62.8 Å². The normalized spacial score (nSPS) is 16.4. The van der Waals surface area contributed by atoms with E-state index in [2.05, 4.69) is 5.32 Å². The molecule has 32 heavy (non-hydrogen) atoms. The monoisotopic (exact) mass is 461 g/mol. The number of hydrogen-bond acceptors (Lipinski definition) is 4. The number of nitrogens with one attached hydrogen (secondary N) is 1. The number of halogens is 1. The first kappa shape index (κ1) is 24.0. The smallest absolute Gasteiger partial charge is 0.318 e. The van der Waals surface area contributed by atoms with Gasteiger partial charge in [0, 0.05) is 29.6 Å². The summed E-state index contributed by atoms with van der Waals surface area (Å²) in [5.41, 5.74) is 1.06. The predicted molar refractivity (Wildman–Crippen MR) is 124 cm³/mol. The van der Waals surface area contributed by atoms with E-state index in [-0.39, 0.29) is 49.0 Å². The van der Waals surface area contributed by atoms with Gasteiger partial charge in [0.15, 0.2) is 0 Å². The summed E-state index contributed by atoms with van der Waals surface area (Å²) in [6.07, 6.45) is 1.52. The summed E-state index contributed by atoms with van der Waals surface area (Å²) in [5.74, 6) is -0.0538. The first-order chi connectivity index (χ1) is 15.3. The van der Waals surface area contributed by atoms with Gasteiger partial charge in [0.2, 0.25) is 5.91 Å². The number of benzene rings is 1. The molecule has 0 aliphatic carbocycles. The number of hydrogen-bond donors (Lipinski definition) is 1. The second-order valence-electron chi connectivity index (χ2n) is 8.41. The number of carbonyl (C=O) groups excluding carboxylic acids is 2. The molecule has 0 saturated heterocycles. The zero-order valence-electron chi connectivity index (χ0n) is 19.1. The molecular weight excluding hydrogens is 429 g/mol. The maximum atomic E-state index is 13.6. The van der Waals surface area contributed by atoms with Crippen LogP contribution in [0.15, 0.2) is 35.7 Å². The molecule has 1 N–H and O–H groups in total. The summed E-state index contributed by atoms with van der Waals surface area (Å²) in [6.45, 7) is 8.53. The predicted octanol–water partition coefficient (Wildman–Crippen LogP) is 4.61. The number of carbonyl (C=O) groups is 2. The fourth-order valence-corrected chi connectivity index (χ4v) is 4.75. The molecule has 8 heteroatoms. The second kappa shape index (κ2) is 10.8. The molecule has 6 nitrogen and oxygen atoms in total. The Labute approximate surface area is 193 Å². The van der Waals surface area contributed by atoms with Crippen LogP contribution in [0.4, 0.5) is 9.18 Å². The Kier molecular flexibility index (Phi) is 8.12. The van der Waals surface area contributed by atoms with Crippen molar-refractivity contribution < 1.29 is 18.7 Å². The van der Waals surface area contributed by atoms with Crippen LogP contribution in [0.3, 0.4) is 0 Å². The molecule has 0 saturated carbocycles. The van der Waals surface area contributed by atoms with E-state index in [0.717, 1.165) is 18.4 Å². The summed E-state index contributed by atoms with van der Waals surface area (Å²) in [7, 11) is 0. The fourth-order valence-electron chi connectivity index (χ4n) is 3.82. The van der Waals surface area contributed by atoms with Gasteiger partial charge in [-0.2, -0.15) is 0 Å². The molecule has 1 aromatic heterocycles. The Morgan fingerprint density at radius 1 is 1.31 bits per heavy atom. The summed E-state index contributed by atoms with van der Waals surface area (Å²) >= 11 is 1.67. The third kappa shape index (κ3) is 5.79. The molecule has 174 valence electrons. The number of rotatable bonds is 8. The number of urea groups is 1. The molecule has 1 aliphatic heterocycles. The second-order valence-corrected chi connectivity index (χ2v) is 9.41. The van der Waals surface area contributed by atoms with Crippen LogP contribution in [0.2, 0.25) is 0 Å². The largest absolute Gasteiger partial charge is 0.491 e. The van der Waals surface area contributed by atoms with Crippen LogP contribution in [-0.2, 0) is 11.2 Å². The van der Waals surface area contributed by atoms with Crippen LogP contribution in [0.5, 0.6) is 5.75 Å². The number of nitrogens with zero attached hydrogens (tertiary/aromatic N) is 2. The van der Waals surface area contributed by atoms with Crippen molar-refractivity contribution in [2.75, 3.05) is 19.7 Å². The van der Waals surface area contributed by atoms with Gasteiger partial charge in [0.1, 0.15) is 24.7 Å². The average molecular weight is 462 g/mol. The van der Waals surface area contributed by atoms with E-state index in [0.29, 0.717) is 12.3 Å². The number of amides is 3. The standard InChI is InChI=1S/C24H32FN3O3S/c1-5-17(4)28(24(30)26-16(2)3)14-23(29)27-11-9-22-20(10-12-32-22)21(27)15-31-19-8-6-7-18(25)13-19/h6-8,10,12-13,16-17,21H,5,9,11,14-15H2,1-4H3,(H,26,30). The van der Waals surface area contributed by atoms with E-state index in [1.807, 2.05) is 39.1 Å². The zero-order valence-corrected chi connectivity index (χ0v) is 20.0. The number of thiophene rings is 1. The number of fused-ring (bicyclic) bond motifs is 1. The first-order valence-corrected chi connectivity index (χ1v) is 12.0. The Balaban J connectivity index is 1.78. The summed E-state index contributed by atoms with van der Waals surface area (Å²) in [4.78, 5) is 30.8. The molecule has 1 aromatic carbocycles. The topological polar surface area (TPSA) is 61.9 Å². The molecule has 0 radical (unpaired) electrons. The lowest BCUT2D eigenvalue weighted by Gasteiger charge is -2.38. The first-order valence-electron chi connectivity index (χ1n) is 11.1. The lowest BCUT2D eigenvalue weighted by Crippen LogP contribution is -2.53. The summed E-state index contributed by atoms with van der Waals surface area (Å²) in [5, 5.41) is 4.92. The molecular formula is C24H32FN3O3S. The molecule has 1 aliphatic rings. The van der Waals surface area contributed by atoms with Crippen LogP contribution >= 0.6 is 11.3 Å². The average Bonchev–Trinajstić information content (AvgIpc) is 3.23. The molecule has 0 fully saturated rings. The van der Waals surface area contributed by atoms with E-state index in [1.165, 1.54) is 17.0 Å². The Morgan fingerprint density at radius 2 is 2.09 bits per heavy atom. The minimum absolute atomic E-state index is 0.00347. The molecule has 3 amide bonds. The molecule has 2 unspecified atom stereocenters. The quantitative estimate of drug-likeness (QED) is 0.625. The maximum absolute atomic E-state index is 13.6. The van der Waals surface area contributed by atoms with Gasteiger partial charge in [-0.1, -0.05) is 13.0 Å².